The summed E-state index contributed by atoms with van der Waals surface area (Å²) < 4.78 is 5.53. The molecule has 1 N–H and O–H groups in total. The smallest absolute Gasteiger partial charge is 0.0598 e. The molecule has 1 heterocycles. The second-order valence-corrected chi connectivity index (χ2v) is 5.34. The number of pyridine rings is 1. The first-order valence-corrected chi connectivity index (χ1v) is 6.88. The van der Waals surface area contributed by atoms with Crippen LogP contribution in [0.1, 0.15) is 37.4 Å². The molecule has 1 saturated carbocycles. The number of hydrogen-bond acceptors (Lipinski definition) is 3. The van der Waals surface area contributed by atoms with E-state index in [1.165, 1.54) is 0 Å². The van der Waals surface area contributed by atoms with Gasteiger partial charge in [0.05, 0.1) is 12.2 Å². The summed E-state index contributed by atoms with van der Waals surface area (Å²) in [5, 5.41) is 10.0. The fourth-order valence-electron chi connectivity index (χ4n) is 2.57. The summed E-state index contributed by atoms with van der Waals surface area (Å²) in [5.74, 6) is 0.627. The third-order valence-electron chi connectivity index (χ3n) is 3.62. The molecule has 100 valence electrons. The van der Waals surface area contributed by atoms with Gasteiger partial charge in [0.25, 0.3) is 0 Å². The summed E-state index contributed by atoms with van der Waals surface area (Å²) in [7, 11) is 0. The zero-order chi connectivity index (χ0) is 13.0. The lowest BCUT2D eigenvalue weighted by Gasteiger charge is -2.36. The van der Waals surface area contributed by atoms with Gasteiger partial charge >= 0.3 is 0 Å². The first kappa shape index (κ1) is 13.5. The lowest BCUT2D eigenvalue weighted by molar-refractivity contribution is -0.0376. The van der Waals surface area contributed by atoms with Crippen LogP contribution in [0.3, 0.4) is 0 Å². The zero-order valence-corrected chi connectivity index (χ0v) is 11.3. The molecule has 1 fully saturated rings. The second kappa shape index (κ2) is 6.30. The maximum absolute atomic E-state index is 10.0. The van der Waals surface area contributed by atoms with E-state index in [-0.39, 0.29) is 6.10 Å². The van der Waals surface area contributed by atoms with E-state index in [9.17, 15) is 5.11 Å². The summed E-state index contributed by atoms with van der Waals surface area (Å²) in [4.78, 5) is 4.33. The molecule has 1 aliphatic carbocycles. The van der Waals surface area contributed by atoms with E-state index in [4.69, 9.17) is 4.74 Å². The highest BCUT2D eigenvalue weighted by Gasteiger charge is 2.30. The highest BCUT2D eigenvalue weighted by atomic mass is 16.5. The Morgan fingerprint density at radius 3 is 2.83 bits per heavy atom. The minimum Gasteiger partial charge on any atom is -0.393 e. The van der Waals surface area contributed by atoms with Gasteiger partial charge in [-0.2, -0.15) is 0 Å². The van der Waals surface area contributed by atoms with E-state index in [1.54, 1.807) is 0 Å². The standard InChI is InChI=1S/C15H23NO2/c1-3-18-15-7-12(8-15)6-14(17)9-13-5-4-11(2)10-16-13/h4-5,10,12,14-15,17H,3,6-9H2,1-2H3. The Kier molecular flexibility index (Phi) is 4.72. The molecule has 1 aromatic heterocycles. The molecular weight excluding hydrogens is 226 g/mol. The summed E-state index contributed by atoms with van der Waals surface area (Å²) in [5.41, 5.74) is 2.14. The summed E-state index contributed by atoms with van der Waals surface area (Å²) in [6.07, 6.45) is 5.77. The molecule has 1 aliphatic rings. The third kappa shape index (κ3) is 3.79. The molecule has 0 spiro atoms. The Morgan fingerprint density at radius 1 is 1.44 bits per heavy atom. The van der Waals surface area contributed by atoms with Crippen LogP contribution in [0.25, 0.3) is 0 Å². The maximum atomic E-state index is 10.0. The lowest BCUT2D eigenvalue weighted by Crippen LogP contribution is -2.34. The van der Waals surface area contributed by atoms with E-state index < -0.39 is 0 Å². The Hall–Kier alpha value is -0.930. The van der Waals surface area contributed by atoms with Crippen molar-refractivity contribution < 1.29 is 9.84 Å². The number of aliphatic hydroxyl groups excluding tert-OH is 1. The van der Waals surface area contributed by atoms with Gasteiger partial charge in [-0.1, -0.05) is 6.07 Å². The van der Waals surface area contributed by atoms with Crippen LogP contribution in [0, 0.1) is 12.8 Å². The van der Waals surface area contributed by atoms with Crippen LogP contribution in [-0.2, 0) is 11.2 Å². The molecule has 0 saturated heterocycles. The van der Waals surface area contributed by atoms with Crippen molar-refractivity contribution in [3.63, 3.8) is 0 Å². The molecule has 3 heteroatoms. The highest BCUT2D eigenvalue weighted by molar-refractivity contribution is 5.12. The highest BCUT2D eigenvalue weighted by Crippen LogP contribution is 2.33. The van der Waals surface area contributed by atoms with E-state index >= 15 is 0 Å². The molecule has 3 nitrogen and oxygen atoms in total. The van der Waals surface area contributed by atoms with Gasteiger partial charge in [0.1, 0.15) is 0 Å². The van der Waals surface area contributed by atoms with Gasteiger partial charge in [0, 0.05) is 24.9 Å². The Morgan fingerprint density at radius 2 is 2.22 bits per heavy atom. The van der Waals surface area contributed by atoms with Crippen LogP contribution in [0.4, 0.5) is 0 Å². The second-order valence-electron chi connectivity index (χ2n) is 5.34. The van der Waals surface area contributed by atoms with E-state index in [1.807, 2.05) is 32.2 Å². The summed E-state index contributed by atoms with van der Waals surface area (Å²) in [6.45, 7) is 4.86. The van der Waals surface area contributed by atoms with E-state index in [0.29, 0.717) is 18.4 Å². The monoisotopic (exact) mass is 249 g/mol. The Bertz CT molecular complexity index is 357. The van der Waals surface area contributed by atoms with Crippen LogP contribution in [0.15, 0.2) is 18.3 Å². The number of nitrogens with zero attached hydrogens (tertiary/aromatic N) is 1. The van der Waals surface area contributed by atoms with Crippen molar-refractivity contribution in [2.75, 3.05) is 6.61 Å². The number of rotatable bonds is 6. The van der Waals surface area contributed by atoms with Crippen LogP contribution in [-0.4, -0.2) is 28.9 Å². The van der Waals surface area contributed by atoms with Crippen molar-refractivity contribution in [1.29, 1.82) is 0 Å². The van der Waals surface area contributed by atoms with Crippen LogP contribution in [0.2, 0.25) is 0 Å². The van der Waals surface area contributed by atoms with Crippen molar-refractivity contribution in [3.05, 3.63) is 29.6 Å². The third-order valence-corrected chi connectivity index (χ3v) is 3.62. The largest absolute Gasteiger partial charge is 0.393 e. The Balaban J connectivity index is 1.70. The van der Waals surface area contributed by atoms with Crippen molar-refractivity contribution in [2.24, 2.45) is 5.92 Å². The van der Waals surface area contributed by atoms with Gasteiger partial charge < -0.3 is 9.84 Å². The maximum Gasteiger partial charge on any atom is 0.0598 e. The van der Waals surface area contributed by atoms with E-state index in [0.717, 1.165) is 37.1 Å². The average molecular weight is 249 g/mol. The van der Waals surface area contributed by atoms with Crippen molar-refractivity contribution in [1.82, 2.24) is 4.98 Å². The van der Waals surface area contributed by atoms with Crippen LogP contribution < -0.4 is 0 Å². The molecule has 0 radical (unpaired) electrons. The fraction of sp³-hybridized carbons (Fsp3) is 0.667. The molecule has 0 amide bonds. The number of aromatic nitrogens is 1. The Labute approximate surface area is 109 Å². The predicted molar refractivity (Wildman–Crippen MR) is 71.4 cm³/mol. The van der Waals surface area contributed by atoms with Gasteiger partial charge in [-0.05, 0) is 50.7 Å². The first-order chi connectivity index (χ1) is 8.67. The molecule has 0 bridgehead atoms. The predicted octanol–water partition coefficient (Wildman–Crippen LogP) is 2.50. The molecule has 2 rings (SSSR count). The minimum atomic E-state index is -0.271. The molecule has 0 aromatic carbocycles. The van der Waals surface area contributed by atoms with Crippen LogP contribution in [0.5, 0.6) is 0 Å². The van der Waals surface area contributed by atoms with Crippen molar-refractivity contribution in [3.8, 4) is 0 Å². The molecule has 1 atom stereocenters. The summed E-state index contributed by atoms with van der Waals surface area (Å²) in [6, 6.07) is 4.05. The normalized spacial score (nSPS) is 24.6. The van der Waals surface area contributed by atoms with Crippen molar-refractivity contribution >= 4 is 0 Å². The molecule has 1 aromatic rings. The number of aryl methyl sites for hydroxylation is 1. The molecule has 18 heavy (non-hydrogen) atoms. The van der Waals surface area contributed by atoms with Gasteiger partial charge in [-0.15, -0.1) is 0 Å². The molecule has 0 aliphatic heterocycles. The molecule has 1 unspecified atom stereocenters. The van der Waals surface area contributed by atoms with Crippen molar-refractivity contribution in [2.45, 2.75) is 51.7 Å². The summed E-state index contributed by atoms with van der Waals surface area (Å²) >= 11 is 0. The number of hydrogen-bond donors (Lipinski definition) is 1. The quantitative estimate of drug-likeness (QED) is 0.842. The molecular formula is C15H23NO2. The SMILES string of the molecule is CCOC1CC(CC(O)Cc2ccc(C)cn2)C1. The number of ether oxygens (including phenoxy) is 1. The van der Waals surface area contributed by atoms with Gasteiger partial charge in [-0.3, -0.25) is 4.98 Å². The topological polar surface area (TPSA) is 42.4 Å². The fourth-order valence-corrected chi connectivity index (χ4v) is 2.57. The van der Waals surface area contributed by atoms with Gasteiger partial charge in [-0.25, -0.2) is 0 Å². The van der Waals surface area contributed by atoms with Gasteiger partial charge in [0.15, 0.2) is 0 Å². The number of aliphatic hydroxyl groups is 1. The van der Waals surface area contributed by atoms with Gasteiger partial charge in [0.2, 0.25) is 0 Å². The van der Waals surface area contributed by atoms with E-state index in [2.05, 4.69) is 4.98 Å². The zero-order valence-electron chi connectivity index (χ0n) is 11.3. The minimum absolute atomic E-state index is 0.271. The average Bonchev–Trinajstić information content (AvgIpc) is 2.29. The first-order valence-electron chi connectivity index (χ1n) is 6.88. The lowest BCUT2D eigenvalue weighted by atomic mass is 9.78. The van der Waals surface area contributed by atoms with Crippen LogP contribution >= 0.6 is 0 Å².